The van der Waals surface area contributed by atoms with Crippen molar-refractivity contribution in [2.24, 2.45) is 5.92 Å². The molecule has 6 heteroatoms. The van der Waals surface area contributed by atoms with E-state index in [0.717, 1.165) is 25.7 Å². The van der Waals surface area contributed by atoms with Crippen LogP contribution in [0.15, 0.2) is 11.5 Å². The normalized spacial score (nSPS) is 18.6. The van der Waals surface area contributed by atoms with Gasteiger partial charge in [0, 0.05) is 0 Å². The summed E-state index contributed by atoms with van der Waals surface area (Å²) < 4.78 is 16.4. The molecule has 6 nitrogen and oxygen atoms in total. The molecule has 25 heavy (non-hydrogen) atoms. The monoisotopic (exact) mass is 358 g/mol. The molecule has 0 fully saturated rings. The molecule has 0 aromatic rings. The highest BCUT2D eigenvalue weighted by Crippen LogP contribution is 2.28. The Balaban J connectivity index is 2.59. The number of unbranched alkanes of at least 4 members (excludes halogenated alkanes) is 5. The quantitative estimate of drug-likeness (QED) is 0.367. The second-order valence-electron chi connectivity index (χ2n) is 6.92. The molecular formula is C19H34O6. The van der Waals surface area contributed by atoms with Crippen LogP contribution in [0, 0.1) is 5.92 Å². The van der Waals surface area contributed by atoms with Gasteiger partial charge < -0.3 is 24.4 Å². The number of hydrogen-bond acceptors (Lipinski definition) is 6. The number of aliphatic hydroxyl groups is 2. The highest BCUT2D eigenvalue weighted by Gasteiger charge is 2.41. The highest BCUT2D eigenvalue weighted by molar-refractivity contribution is 5.89. The Morgan fingerprint density at radius 2 is 1.76 bits per heavy atom. The number of ether oxygens (including phenoxy) is 3. The van der Waals surface area contributed by atoms with Crippen LogP contribution in [0.25, 0.3) is 0 Å². The summed E-state index contributed by atoms with van der Waals surface area (Å²) in [5.41, 5.74) is 0. The van der Waals surface area contributed by atoms with Gasteiger partial charge in [0.15, 0.2) is 11.9 Å². The Labute approximate surface area is 151 Å². The van der Waals surface area contributed by atoms with Crippen LogP contribution < -0.4 is 0 Å². The predicted octanol–water partition coefficient (Wildman–Crippen LogP) is 2.92. The number of cyclic esters (lactones) is 1. The summed E-state index contributed by atoms with van der Waals surface area (Å²) in [6, 6.07) is 0. The number of hydrogen-bond donors (Lipinski definition) is 2. The lowest BCUT2D eigenvalue weighted by molar-refractivity contribution is -0.148. The van der Waals surface area contributed by atoms with Gasteiger partial charge >= 0.3 is 5.97 Å². The van der Waals surface area contributed by atoms with Crippen LogP contribution in [0.1, 0.15) is 65.7 Å². The number of rotatable bonds is 14. The maximum atomic E-state index is 12.0. The molecule has 0 unspecified atom stereocenters. The zero-order chi connectivity index (χ0) is 18.7. The van der Waals surface area contributed by atoms with Gasteiger partial charge in [-0.15, -0.1) is 0 Å². The molecule has 0 aliphatic carbocycles. The molecule has 2 N–H and O–H groups in total. The van der Waals surface area contributed by atoms with Crippen LogP contribution in [-0.4, -0.2) is 48.2 Å². The standard InChI is InChI=1S/C19H34O6/c1-4-5-6-7-8-9-11-23-17-16(15(21)13-20)25-19(22)18(17)24-12-10-14(2)3/h14-16,20-21H,4-13H2,1-3H3/t15-,16+/m0/s1. The molecule has 0 spiro atoms. The average molecular weight is 358 g/mol. The lowest BCUT2D eigenvalue weighted by Crippen LogP contribution is -2.32. The van der Waals surface area contributed by atoms with Gasteiger partial charge in [-0.25, -0.2) is 4.79 Å². The van der Waals surface area contributed by atoms with Crippen LogP contribution >= 0.6 is 0 Å². The lowest BCUT2D eigenvalue weighted by atomic mass is 10.1. The molecule has 0 amide bonds. The van der Waals surface area contributed by atoms with E-state index in [9.17, 15) is 9.90 Å². The van der Waals surface area contributed by atoms with E-state index in [4.69, 9.17) is 19.3 Å². The molecule has 1 aliphatic rings. The molecule has 0 aromatic carbocycles. The van der Waals surface area contributed by atoms with Crippen molar-refractivity contribution in [3.8, 4) is 0 Å². The molecule has 0 saturated heterocycles. The zero-order valence-electron chi connectivity index (χ0n) is 15.8. The van der Waals surface area contributed by atoms with E-state index in [-0.39, 0.29) is 11.5 Å². The first kappa shape index (κ1) is 21.8. The lowest BCUT2D eigenvalue weighted by Gasteiger charge is -2.18. The highest BCUT2D eigenvalue weighted by atomic mass is 16.6. The molecule has 0 radical (unpaired) electrons. The fourth-order valence-corrected chi connectivity index (χ4v) is 2.54. The Morgan fingerprint density at radius 3 is 2.40 bits per heavy atom. The Bertz CT molecular complexity index is 418. The summed E-state index contributed by atoms with van der Waals surface area (Å²) in [6.45, 7) is 6.62. The van der Waals surface area contributed by atoms with E-state index < -0.39 is 24.8 Å². The van der Waals surface area contributed by atoms with Gasteiger partial charge in [0.1, 0.15) is 6.10 Å². The SMILES string of the molecule is CCCCCCCCOC1=C(OCCC(C)C)C(=O)O[C@@H]1[C@@H](O)CO. The third kappa shape index (κ3) is 7.65. The summed E-state index contributed by atoms with van der Waals surface area (Å²) in [6.07, 6.45) is 5.34. The zero-order valence-corrected chi connectivity index (χ0v) is 15.8. The Morgan fingerprint density at radius 1 is 1.08 bits per heavy atom. The topological polar surface area (TPSA) is 85.2 Å². The van der Waals surface area contributed by atoms with E-state index in [0.29, 0.717) is 19.1 Å². The summed E-state index contributed by atoms with van der Waals surface area (Å²) in [4.78, 5) is 12.0. The molecule has 1 aliphatic heterocycles. The fourth-order valence-electron chi connectivity index (χ4n) is 2.54. The maximum absolute atomic E-state index is 12.0. The van der Waals surface area contributed by atoms with Crippen molar-refractivity contribution in [3.63, 3.8) is 0 Å². The van der Waals surface area contributed by atoms with Crippen molar-refractivity contribution in [3.05, 3.63) is 11.5 Å². The molecule has 0 bridgehead atoms. The van der Waals surface area contributed by atoms with Crippen LogP contribution in [0.5, 0.6) is 0 Å². The second kappa shape index (κ2) is 12.1. The van der Waals surface area contributed by atoms with Crippen LogP contribution in [-0.2, 0) is 19.0 Å². The van der Waals surface area contributed by atoms with E-state index in [1.165, 1.54) is 19.3 Å². The van der Waals surface area contributed by atoms with Gasteiger partial charge in [-0.1, -0.05) is 52.9 Å². The van der Waals surface area contributed by atoms with Crippen LogP contribution in [0.4, 0.5) is 0 Å². The fraction of sp³-hybridized carbons (Fsp3) is 0.842. The Hall–Kier alpha value is -1.27. The first-order valence-corrected chi connectivity index (χ1v) is 9.50. The minimum absolute atomic E-state index is 0.0316. The maximum Gasteiger partial charge on any atom is 0.378 e. The molecule has 0 aromatic heterocycles. The summed E-state index contributed by atoms with van der Waals surface area (Å²) in [5, 5.41) is 19.0. The van der Waals surface area contributed by atoms with Crippen molar-refractivity contribution in [2.45, 2.75) is 77.9 Å². The smallest absolute Gasteiger partial charge is 0.378 e. The molecule has 1 rings (SSSR count). The van der Waals surface area contributed by atoms with E-state index >= 15 is 0 Å². The Kier molecular flexibility index (Phi) is 10.6. The third-order valence-corrected chi connectivity index (χ3v) is 4.14. The largest absolute Gasteiger partial charge is 0.490 e. The minimum Gasteiger partial charge on any atom is -0.490 e. The molecule has 2 atom stereocenters. The molecular weight excluding hydrogens is 324 g/mol. The first-order valence-electron chi connectivity index (χ1n) is 9.50. The van der Waals surface area contributed by atoms with Gasteiger partial charge in [-0.05, 0) is 18.8 Å². The minimum atomic E-state index is -1.21. The van der Waals surface area contributed by atoms with Gasteiger partial charge in [0.25, 0.3) is 0 Å². The van der Waals surface area contributed by atoms with Crippen molar-refractivity contribution in [1.82, 2.24) is 0 Å². The third-order valence-electron chi connectivity index (χ3n) is 4.14. The number of aliphatic hydroxyl groups excluding tert-OH is 2. The van der Waals surface area contributed by atoms with Gasteiger partial charge in [-0.2, -0.15) is 0 Å². The van der Waals surface area contributed by atoms with Crippen LogP contribution in [0.3, 0.4) is 0 Å². The summed E-state index contributed by atoms with van der Waals surface area (Å²) in [7, 11) is 0. The van der Waals surface area contributed by atoms with Crippen LogP contribution in [0.2, 0.25) is 0 Å². The first-order chi connectivity index (χ1) is 12.0. The summed E-state index contributed by atoms with van der Waals surface area (Å²) in [5.74, 6) is 0.0524. The van der Waals surface area contributed by atoms with Gasteiger partial charge in [0.05, 0.1) is 19.8 Å². The predicted molar refractivity (Wildman–Crippen MR) is 94.7 cm³/mol. The van der Waals surface area contributed by atoms with E-state index in [1.54, 1.807) is 0 Å². The van der Waals surface area contributed by atoms with Crippen molar-refractivity contribution >= 4 is 5.97 Å². The molecule has 0 saturated carbocycles. The van der Waals surface area contributed by atoms with Crippen molar-refractivity contribution < 1.29 is 29.2 Å². The molecule has 1 heterocycles. The van der Waals surface area contributed by atoms with E-state index in [1.807, 2.05) is 0 Å². The van der Waals surface area contributed by atoms with Crippen molar-refractivity contribution in [1.29, 1.82) is 0 Å². The number of esters is 1. The average Bonchev–Trinajstić information content (AvgIpc) is 2.89. The number of carbonyl (C=O) groups is 1. The number of carbonyl (C=O) groups excluding carboxylic acids is 1. The second-order valence-corrected chi connectivity index (χ2v) is 6.92. The van der Waals surface area contributed by atoms with E-state index in [2.05, 4.69) is 20.8 Å². The van der Waals surface area contributed by atoms with Crippen molar-refractivity contribution in [2.75, 3.05) is 19.8 Å². The molecule has 146 valence electrons. The van der Waals surface area contributed by atoms with Gasteiger partial charge in [-0.3, -0.25) is 0 Å². The van der Waals surface area contributed by atoms with Gasteiger partial charge in [0.2, 0.25) is 5.76 Å². The summed E-state index contributed by atoms with van der Waals surface area (Å²) >= 11 is 0.